The molecule has 1 aromatic rings. The number of methoxy groups -OCH3 is 1. The number of rotatable bonds is 5. The predicted molar refractivity (Wildman–Crippen MR) is 73.0 cm³/mol. The average Bonchev–Trinajstić information content (AvgIpc) is 2.33. The lowest BCUT2D eigenvalue weighted by Crippen LogP contribution is -1.96. The van der Waals surface area contributed by atoms with Crippen LogP contribution in [0.2, 0.25) is 0 Å². The number of carbonyl (C=O) groups is 1. The summed E-state index contributed by atoms with van der Waals surface area (Å²) in [7, 11) is 1.66. The first-order valence-electron chi connectivity index (χ1n) is 6.06. The number of ether oxygens (including phenoxy) is 1. The summed E-state index contributed by atoms with van der Waals surface area (Å²) in [5.74, 6) is 0.0637. The minimum absolute atomic E-state index is 0.0632. The molecule has 0 amide bonds. The first-order chi connectivity index (χ1) is 8.49. The van der Waals surface area contributed by atoms with Crippen molar-refractivity contribution >= 4 is 11.5 Å². The van der Waals surface area contributed by atoms with Crippen molar-refractivity contribution in [3.8, 4) is 5.75 Å². The highest BCUT2D eigenvalue weighted by molar-refractivity contribution is 5.75. The summed E-state index contributed by atoms with van der Waals surface area (Å²) < 4.78 is 5.28. The Balaban J connectivity index is 3.18. The molecular formula is C15H20O3. The predicted octanol–water partition coefficient (Wildman–Crippen LogP) is 3.58. The first kappa shape index (κ1) is 14.3. The molecule has 0 spiro atoms. The molecule has 98 valence electrons. The second kappa shape index (κ2) is 6.24. The van der Waals surface area contributed by atoms with Crippen LogP contribution in [0.1, 0.15) is 36.5 Å². The molecule has 0 aliphatic carbocycles. The van der Waals surface area contributed by atoms with Crippen LogP contribution in [0, 0.1) is 13.8 Å². The smallest absolute Gasteiger partial charge is 0.307 e. The van der Waals surface area contributed by atoms with Crippen LogP contribution >= 0.6 is 0 Å². The van der Waals surface area contributed by atoms with Crippen molar-refractivity contribution in [2.75, 3.05) is 7.11 Å². The van der Waals surface area contributed by atoms with Crippen LogP contribution in [0.15, 0.2) is 18.2 Å². The van der Waals surface area contributed by atoms with E-state index in [1.807, 2.05) is 26.8 Å². The van der Waals surface area contributed by atoms with E-state index in [4.69, 9.17) is 9.84 Å². The Hall–Kier alpha value is -1.77. The SMILES string of the molecule is CC/C(=C\CC(=O)O)c1cc(C)c(OC)cc1C. The van der Waals surface area contributed by atoms with Gasteiger partial charge in [-0.15, -0.1) is 0 Å². The minimum atomic E-state index is -0.802. The van der Waals surface area contributed by atoms with Crippen LogP contribution in [-0.4, -0.2) is 18.2 Å². The van der Waals surface area contributed by atoms with E-state index in [2.05, 4.69) is 6.07 Å². The molecule has 0 aliphatic rings. The summed E-state index contributed by atoms with van der Waals surface area (Å²) in [6, 6.07) is 4.06. The van der Waals surface area contributed by atoms with Crippen molar-refractivity contribution in [2.24, 2.45) is 0 Å². The van der Waals surface area contributed by atoms with Crippen molar-refractivity contribution in [1.82, 2.24) is 0 Å². The van der Waals surface area contributed by atoms with Gasteiger partial charge in [0.1, 0.15) is 5.75 Å². The van der Waals surface area contributed by atoms with Crippen LogP contribution in [0.3, 0.4) is 0 Å². The molecule has 1 N–H and O–H groups in total. The topological polar surface area (TPSA) is 46.5 Å². The molecule has 18 heavy (non-hydrogen) atoms. The third-order valence-electron chi connectivity index (χ3n) is 2.99. The number of allylic oxidation sites excluding steroid dienone is 1. The van der Waals surface area contributed by atoms with Gasteiger partial charge in [0.25, 0.3) is 0 Å². The standard InChI is InChI=1S/C15H20O3/c1-5-12(6-7-15(16)17)13-8-11(3)14(18-4)9-10(13)2/h6,8-9H,5,7H2,1-4H3,(H,16,17)/b12-6+. The summed E-state index contributed by atoms with van der Waals surface area (Å²) in [6.07, 6.45) is 2.67. The zero-order chi connectivity index (χ0) is 13.7. The molecule has 3 nitrogen and oxygen atoms in total. The molecular weight excluding hydrogens is 228 g/mol. The van der Waals surface area contributed by atoms with Crippen molar-refractivity contribution in [1.29, 1.82) is 0 Å². The highest BCUT2D eigenvalue weighted by Gasteiger charge is 2.08. The fourth-order valence-electron chi connectivity index (χ4n) is 2.01. The Morgan fingerprint density at radius 1 is 1.33 bits per heavy atom. The van der Waals surface area contributed by atoms with E-state index in [9.17, 15) is 4.79 Å². The van der Waals surface area contributed by atoms with E-state index < -0.39 is 5.97 Å². The maximum absolute atomic E-state index is 10.6. The number of aliphatic carboxylic acids is 1. The zero-order valence-electron chi connectivity index (χ0n) is 11.4. The Morgan fingerprint density at radius 2 is 2.00 bits per heavy atom. The third kappa shape index (κ3) is 3.36. The van der Waals surface area contributed by atoms with E-state index in [0.29, 0.717) is 0 Å². The van der Waals surface area contributed by atoms with Gasteiger partial charge in [0.2, 0.25) is 0 Å². The maximum Gasteiger partial charge on any atom is 0.307 e. The summed E-state index contributed by atoms with van der Waals surface area (Å²) in [6.45, 7) is 6.04. The van der Waals surface area contributed by atoms with Gasteiger partial charge in [-0.3, -0.25) is 4.79 Å². The number of benzene rings is 1. The Labute approximate surface area is 108 Å². The molecule has 1 rings (SSSR count). The lowest BCUT2D eigenvalue weighted by Gasteiger charge is -2.13. The molecule has 0 saturated carbocycles. The van der Waals surface area contributed by atoms with Crippen LogP contribution in [0.4, 0.5) is 0 Å². The van der Waals surface area contributed by atoms with Gasteiger partial charge in [0.05, 0.1) is 13.5 Å². The number of hydrogen-bond donors (Lipinski definition) is 1. The van der Waals surface area contributed by atoms with Gasteiger partial charge >= 0.3 is 5.97 Å². The molecule has 0 heterocycles. The molecule has 0 atom stereocenters. The van der Waals surface area contributed by atoms with Crippen LogP contribution in [-0.2, 0) is 4.79 Å². The van der Waals surface area contributed by atoms with Crippen molar-refractivity contribution in [2.45, 2.75) is 33.6 Å². The maximum atomic E-state index is 10.6. The molecule has 0 aromatic heterocycles. The van der Waals surface area contributed by atoms with E-state index >= 15 is 0 Å². The summed E-state index contributed by atoms with van der Waals surface area (Å²) in [4.78, 5) is 10.6. The largest absolute Gasteiger partial charge is 0.496 e. The lowest BCUT2D eigenvalue weighted by atomic mass is 9.95. The van der Waals surface area contributed by atoms with Gasteiger partial charge in [-0.2, -0.15) is 0 Å². The van der Waals surface area contributed by atoms with E-state index in [-0.39, 0.29) is 6.42 Å². The quantitative estimate of drug-likeness (QED) is 0.866. The molecule has 0 aliphatic heterocycles. The first-order valence-corrected chi connectivity index (χ1v) is 6.06. The van der Waals surface area contributed by atoms with Crippen molar-refractivity contribution in [3.63, 3.8) is 0 Å². The molecule has 0 unspecified atom stereocenters. The van der Waals surface area contributed by atoms with Gasteiger partial charge in [0, 0.05) is 0 Å². The molecule has 3 heteroatoms. The Morgan fingerprint density at radius 3 is 2.50 bits per heavy atom. The fourth-order valence-corrected chi connectivity index (χ4v) is 2.01. The molecule has 0 saturated heterocycles. The lowest BCUT2D eigenvalue weighted by molar-refractivity contribution is -0.135. The van der Waals surface area contributed by atoms with Gasteiger partial charge < -0.3 is 9.84 Å². The average molecular weight is 248 g/mol. The van der Waals surface area contributed by atoms with Crippen LogP contribution in [0.25, 0.3) is 5.57 Å². The van der Waals surface area contributed by atoms with Gasteiger partial charge in [-0.05, 0) is 54.7 Å². The van der Waals surface area contributed by atoms with Gasteiger partial charge in [0.15, 0.2) is 0 Å². The third-order valence-corrected chi connectivity index (χ3v) is 2.99. The second-order valence-electron chi connectivity index (χ2n) is 4.32. The molecule has 0 bridgehead atoms. The van der Waals surface area contributed by atoms with E-state index in [1.54, 1.807) is 13.2 Å². The summed E-state index contributed by atoms with van der Waals surface area (Å²) in [5.41, 5.74) is 4.35. The normalized spacial score (nSPS) is 11.4. The highest BCUT2D eigenvalue weighted by atomic mass is 16.5. The van der Waals surface area contributed by atoms with E-state index in [1.165, 1.54) is 0 Å². The van der Waals surface area contributed by atoms with Gasteiger partial charge in [-0.25, -0.2) is 0 Å². The van der Waals surface area contributed by atoms with Crippen molar-refractivity contribution < 1.29 is 14.6 Å². The molecule has 1 aromatic carbocycles. The molecule has 0 fully saturated rings. The number of carboxylic acids is 1. The summed E-state index contributed by atoms with van der Waals surface area (Å²) in [5, 5.41) is 8.75. The van der Waals surface area contributed by atoms with Crippen molar-refractivity contribution in [3.05, 3.63) is 34.9 Å². The number of hydrogen-bond acceptors (Lipinski definition) is 2. The van der Waals surface area contributed by atoms with Crippen LogP contribution in [0.5, 0.6) is 5.75 Å². The minimum Gasteiger partial charge on any atom is -0.496 e. The molecule has 0 radical (unpaired) electrons. The van der Waals surface area contributed by atoms with Gasteiger partial charge in [-0.1, -0.05) is 13.0 Å². The zero-order valence-corrected chi connectivity index (χ0v) is 11.4. The Kier molecular flexibility index (Phi) is 4.95. The monoisotopic (exact) mass is 248 g/mol. The number of aryl methyl sites for hydroxylation is 2. The summed E-state index contributed by atoms with van der Waals surface area (Å²) >= 11 is 0. The van der Waals surface area contributed by atoms with Crippen LogP contribution < -0.4 is 4.74 Å². The Bertz CT molecular complexity index is 473. The number of carboxylic acid groups (broad SMARTS) is 1. The fraction of sp³-hybridized carbons (Fsp3) is 0.400. The van der Waals surface area contributed by atoms with E-state index in [0.717, 1.165) is 34.4 Å². The second-order valence-corrected chi connectivity index (χ2v) is 4.32. The highest BCUT2D eigenvalue weighted by Crippen LogP contribution is 2.29.